The van der Waals surface area contributed by atoms with Crippen LogP contribution in [0, 0.1) is 0 Å². The monoisotopic (exact) mass is 262 g/mol. The smallest absolute Gasteiger partial charge is 0.217 e. The molecule has 1 atom stereocenters. The predicted octanol–water partition coefficient (Wildman–Crippen LogP) is 2.60. The standard InChI is InChI=1S/C16H26N2O/c1-13(18-11-7-10-15(17)19)12-16(2,3)14-8-5-4-6-9-14/h4-6,8-9,13,18H,7,10-12H2,1-3H3,(H2,17,19). The van der Waals surface area contributed by atoms with E-state index >= 15 is 0 Å². The summed E-state index contributed by atoms with van der Waals surface area (Å²) in [4.78, 5) is 10.7. The molecule has 1 aromatic carbocycles. The van der Waals surface area contributed by atoms with Gasteiger partial charge in [0.05, 0.1) is 0 Å². The zero-order valence-corrected chi connectivity index (χ0v) is 12.3. The Labute approximate surface area is 116 Å². The van der Waals surface area contributed by atoms with Gasteiger partial charge in [0.1, 0.15) is 0 Å². The van der Waals surface area contributed by atoms with E-state index < -0.39 is 0 Å². The third kappa shape index (κ3) is 5.88. The molecule has 3 nitrogen and oxygen atoms in total. The molecule has 0 bridgehead atoms. The molecule has 1 rings (SSSR count). The molecule has 1 unspecified atom stereocenters. The van der Waals surface area contributed by atoms with Crippen molar-refractivity contribution in [2.24, 2.45) is 5.73 Å². The fourth-order valence-electron chi connectivity index (χ4n) is 2.46. The van der Waals surface area contributed by atoms with E-state index in [0.717, 1.165) is 19.4 Å². The molecular weight excluding hydrogens is 236 g/mol. The molecule has 0 saturated carbocycles. The summed E-state index contributed by atoms with van der Waals surface area (Å²) in [7, 11) is 0. The van der Waals surface area contributed by atoms with Crippen molar-refractivity contribution in [1.29, 1.82) is 0 Å². The van der Waals surface area contributed by atoms with Crippen LogP contribution in [-0.4, -0.2) is 18.5 Å². The van der Waals surface area contributed by atoms with Crippen LogP contribution >= 0.6 is 0 Å². The lowest BCUT2D eigenvalue weighted by molar-refractivity contribution is -0.118. The van der Waals surface area contributed by atoms with Crippen LogP contribution in [-0.2, 0) is 10.2 Å². The van der Waals surface area contributed by atoms with Gasteiger partial charge in [0.25, 0.3) is 0 Å². The van der Waals surface area contributed by atoms with Gasteiger partial charge >= 0.3 is 0 Å². The molecule has 3 heteroatoms. The van der Waals surface area contributed by atoms with Gasteiger partial charge in [-0.3, -0.25) is 4.79 Å². The number of carbonyl (C=O) groups is 1. The van der Waals surface area contributed by atoms with Crippen molar-refractivity contribution in [1.82, 2.24) is 5.32 Å². The van der Waals surface area contributed by atoms with Crippen LogP contribution in [0.1, 0.15) is 45.6 Å². The van der Waals surface area contributed by atoms with Crippen molar-refractivity contribution in [2.75, 3.05) is 6.54 Å². The van der Waals surface area contributed by atoms with Gasteiger partial charge in [0.15, 0.2) is 0 Å². The van der Waals surface area contributed by atoms with E-state index in [4.69, 9.17) is 5.73 Å². The molecule has 106 valence electrons. The normalized spacial score (nSPS) is 13.2. The largest absolute Gasteiger partial charge is 0.370 e. The molecule has 1 aromatic rings. The van der Waals surface area contributed by atoms with Crippen LogP contribution in [0.25, 0.3) is 0 Å². The molecule has 0 aromatic heterocycles. The first-order chi connectivity index (χ1) is 8.92. The van der Waals surface area contributed by atoms with E-state index in [0.29, 0.717) is 12.5 Å². The van der Waals surface area contributed by atoms with Crippen molar-refractivity contribution in [3.05, 3.63) is 35.9 Å². The van der Waals surface area contributed by atoms with E-state index in [1.165, 1.54) is 5.56 Å². The summed E-state index contributed by atoms with van der Waals surface area (Å²) in [6, 6.07) is 11.0. The van der Waals surface area contributed by atoms with Crippen molar-refractivity contribution in [3.8, 4) is 0 Å². The Morgan fingerprint density at radius 3 is 2.53 bits per heavy atom. The number of hydrogen-bond acceptors (Lipinski definition) is 2. The number of hydrogen-bond donors (Lipinski definition) is 2. The molecule has 0 aliphatic rings. The second kappa shape index (κ2) is 7.29. The summed E-state index contributed by atoms with van der Waals surface area (Å²) < 4.78 is 0. The van der Waals surface area contributed by atoms with Crippen LogP contribution in [0.4, 0.5) is 0 Å². The fraction of sp³-hybridized carbons (Fsp3) is 0.562. The fourth-order valence-corrected chi connectivity index (χ4v) is 2.46. The van der Waals surface area contributed by atoms with Crippen LogP contribution in [0.5, 0.6) is 0 Å². The van der Waals surface area contributed by atoms with Crippen molar-refractivity contribution >= 4 is 5.91 Å². The molecule has 0 aliphatic heterocycles. The summed E-state index contributed by atoms with van der Waals surface area (Å²) in [6.45, 7) is 7.57. The first kappa shape index (κ1) is 15.7. The average molecular weight is 262 g/mol. The zero-order valence-electron chi connectivity index (χ0n) is 12.3. The van der Waals surface area contributed by atoms with Crippen molar-refractivity contribution in [2.45, 2.75) is 51.5 Å². The minimum Gasteiger partial charge on any atom is -0.370 e. The van der Waals surface area contributed by atoms with Crippen LogP contribution in [0.2, 0.25) is 0 Å². The Hall–Kier alpha value is -1.35. The number of carbonyl (C=O) groups excluding carboxylic acids is 1. The lowest BCUT2D eigenvalue weighted by Gasteiger charge is -2.29. The summed E-state index contributed by atoms with van der Waals surface area (Å²) in [5.74, 6) is -0.223. The first-order valence-electron chi connectivity index (χ1n) is 6.99. The molecule has 0 saturated heterocycles. The molecule has 0 spiro atoms. The van der Waals surface area contributed by atoms with Gasteiger partial charge < -0.3 is 11.1 Å². The molecular formula is C16H26N2O. The van der Waals surface area contributed by atoms with E-state index in [-0.39, 0.29) is 11.3 Å². The number of nitrogens with one attached hydrogen (secondary N) is 1. The summed E-state index contributed by atoms with van der Waals surface area (Å²) in [5, 5.41) is 3.46. The van der Waals surface area contributed by atoms with E-state index in [1.54, 1.807) is 0 Å². The number of rotatable bonds is 8. The minimum atomic E-state index is -0.223. The predicted molar refractivity (Wildman–Crippen MR) is 80.0 cm³/mol. The number of nitrogens with two attached hydrogens (primary N) is 1. The maximum Gasteiger partial charge on any atom is 0.217 e. The SMILES string of the molecule is CC(CC(C)(C)c1ccccc1)NCCCC(N)=O. The van der Waals surface area contributed by atoms with Crippen molar-refractivity contribution in [3.63, 3.8) is 0 Å². The van der Waals surface area contributed by atoms with Crippen LogP contribution in [0.15, 0.2) is 30.3 Å². The lowest BCUT2D eigenvalue weighted by Crippen LogP contribution is -2.34. The van der Waals surface area contributed by atoms with Crippen LogP contribution < -0.4 is 11.1 Å². The van der Waals surface area contributed by atoms with E-state index in [2.05, 4.69) is 50.4 Å². The average Bonchev–Trinajstić information content (AvgIpc) is 2.35. The molecule has 0 heterocycles. The first-order valence-corrected chi connectivity index (χ1v) is 6.99. The van der Waals surface area contributed by atoms with Gasteiger partial charge in [-0.2, -0.15) is 0 Å². The molecule has 0 aliphatic carbocycles. The maximum atomic E-state index is 10.7. The number of amides is 1. The minimum absolute atomic E-state index is 0.150. The molecule has 1 amide bonds. The molecule has 3 N–H and O–H groups in total. The number of primary amides is 1. The summed E-state index contributed by atoms with van der Waals surface area (Å²) in [6.07, 6.45) is 2.33. The van der Waals surface area contributed by atoms with E-state index in [9.17, 15) is 4.79 Å². The Bertz CT molecular complexity index is 387. The highest BCUT2D eigenvalue weighted by Crippen LogP contribution is 2.27. The van der Waals surface area contributed by atoms with Gasteiger partial charge in [0, 0.05) is 12.5 Å². The summed E-state index contributed by atoms with van der Waals surface area (Å²) >= 11 is 0. The highest BCUT2D eigenvalue weighted by atomic mass is 16.1. The number of benzene rings is 1. The lowest BCUT2D eigenvalue weighted by atomic mass is 9.79. The second-order valence-electron chi connectivity index (χ2n) is 5.88. The Kier molecular flexibility index (Phi) is 6.03. The van der Waals surface area contributed by atoms with Gasteiger partial charge in [0.2, 0.25) is 5.91 Å². The maximum absolute atomic E-state index is 10.7. The third-order valence-electron chi connectivity index (χ3n) is 3.46. The van der Waals surface area contributed by atoms with Crippen LogP contribution in [0.3, 0.4) is 0 Å². The highest BCUT2D eigenvalue weighted by molar-refractivity contribution is 5.73. The van der Waals surface area contributed by atoms with Gasteiger partial charge in [-0.25, -0.2) is 0 Å². The Morgan fingerprint density at radius 2 is 1.95 bits per heavy atom. The quantitative estimate of drug-likeness (QED) is 0.708. The second-order valence-corrected chi connectivity index (χ2v) is 5.88. The van der Waals surface area contributed by atoms with Crippen molar-refractivity contribution < 1.29 is 4.79 Å². The Morgan fingerprint density at radius 1 is 1.32 bits per heavy atom. The van der Waals surface area contributed by atoms with Gasteiger partial charge in [-0.05, 0) is 37.3 Å². The zero-order chi connectivity index (χ0) is 14.3. The molecule has 0 fully saturated rings. The topological polar surface area (TPSA) is 55.1 Å². The van der Waals surface area contributed by atoms with Gasteiger partial charge in [-0.1, -0.05) is 44.2 Å². The molecule has 0 radical (unpaired) electrons. The molecule has 19 heavy (non-hydrogen) atoms. The van der Waals surface area contributed by atoms with E-state index in [1.807, 2.05) is 6.07 Å². The Balaban J connectivity index is 2.38. The third-order valence-corrected chi connectivity index (χ3v) is 3.46. The summed E-state index contributed by atoms with van der Waals surface area (Å²) in [5.41, 5.74) is 6.63. The van der Waals surface area contributed by atoms with Gasteiger partial charge in [-0.15, -0.1) is 0 Å². The highest BCUT2D eigenvalue weighted by Gasteiger charge is 2.22.